The average molecular weight is 320 g/mol. The fourth-order valence-corrected chi connectivity index (χ4v) is 2.60. The van der Waals surface area contributed by atoms with Crippen LogP contribution in [0.15, 0.2) is 23.5 Å². The van der Waals surface area contributed by atoms with Crippen LogP contribution in [0.4, 0.5) is 5.82 Å². The van der Waals surface area contributed by atoms with Crippen molar-refractivity contribution in [1.82, 2.24) is 19.3 Å². The van der Waals surface area contributed by atoms with Gasteiger partial charge in [-0.05, 0) is 11.8 Å². The maximum absolute atomic E-state index is 11.3. The number of hydrogen-bond donors (Lipinski definition) is 0. The molecule has 20 heavy (non-hydrogen) atoms. The lowest BCUT2D eigenvalue weighted by Crippen LogP contribution is -2.08. The molecular formula is C9H10ClN5O4S. The van der Waals surface area contributed by atoms with Gasteiger partial charge in [-0.2, -0.15) is 4.68 Å². The zero-order valence-electron chi connectivity index (χ0n) is 10.3. The first-order valence-corrected chi connectivity index (χ1v) is 7.80. The van der Waals surface area contributed by atoms with Gasteiger partial charge in [-0.1, -0.05) is 0 Å². The SMILES string of the molecule is CCn1ccnc1Cn1cc(S(=O)(=O)Cl)c([N+](=O)[O-])n1. The smallest absolute Gasteiger partial charge is 0.358 e. The molecule has 0 amide bonds. The Morgan fingerprint density at radius 2 is 2.20 bits per heavy atom. The molecule has 0 saturated heterocycles. The first kappa shape index (κ1) is 14.5. The molecule has 2 rings (SSSR count). The van der Waals surface area contributed by atoms with E-state index >= 15 is 0 Å². The van der Waals surface area contributed by atoms with Gasteiger partial charge in [0.25, 0.3) is 9.05 Å². The summed E-state index contributed by atoms with van der Waals surface area (Å²) in [6, 6.07) is 0. The maximum atomic E-state index is 11.3. The molecule has 0 radical (unpaired) electrons. The fourth-order valence-electron chi connectivity index (χ4n) is 1.70. The molecule has 0 spiro atoms. The Labute approximate surface area is 118 Å². The predicted octanol–water partition coefficient (Wildman–Crippen LogP) is 0.983. The zero-order chi connectivity index (χ0) is 14.9. The molecule has 0 fully saturated rings. The molecule has 108 valence electrons. The molecule has 0 aliphatic carbocycles. The van der Waals surface area contributed by atoms with Gasteiger partial charge in [0, 0.05) is 29.6 Å². The molecule has 0 aromatic carbocycles. The van der Waals surface area contributed by atoms with Crippen molar-refractivity contribution in [1.29, 1.82) is 0 Å². The molecule has 0 N–H and O–H groups in total. The third-order valence-electron chi connectivity index (χ3n) is 2.59. The van der Waals surface area contributed by atoms with Gasteiger partial charge in [0.2, 0.25) is 4.90 Å². The summed E-state index contributed by atoms with van der Waals surface area (Å²) in [5.74, 6) is -0.196. The quantitative estimate of drug-likeness (QED) is 0.461. The maximum Gasteiger partial charge on any atom is 0.410 e. The van der Waals surface area contributed by atoms with Gasteiger partial charge in [0.1, 0.15) is 12.4 Å². The third-order valence-corrected chi connectivity index (χ3v) is 3.90. The summed E-state index contributed by atoms with van der Waals surface area (Å²) in [5.41, 5.74) is 0. The molecule has 0 atom stereocenters. The Bertz CT molecular complexity index is 750. The van der Waals surface area contributed by atoms with Crippen molar-refractivity contribution in [3.63, 3.8) is 0 Å². The summed E-state index contributed by atoms with van der Waals surface area (Å²) in [6.07, 6.45) is 4.34. The minimum Gasteiger partial charge on any atom is -0.358 e. The number of hydrogen-bond acceptors (Lipinski definition) is 6. The minimum absolute atomic E-state index is 0.105. The second-order valence-electron chi connectivity index (χ2n) is 3.84. The highest BCUT2D eigenvalue weighted by Crippen LogP contribution is 2.25. The van der Waals surface area contributed by atoms with Crippen molar-refractivity contribution in [2.24, 2.45) is 0 Å². The molecule has 0 saturated carbocycles. The van der Waals surface area contributed by atoms with Gasteiger partial charge in [0.05, 0.1) is 11.3 Å². The summed E-state index contributed by atoms with van der Waals surface area (Å²) < 4.78 is 25.5. The molecule has 0 aliphatic rings. The minimum atomic E-state index is -4.23. The van der Waals surface area contributed by atoms with E-state index < -0.39 is 24.7 Å². The zero-order valence-corrected chi connectivity index (χ0v) is 11.9. The predicted molar refractivity (Wildman–Crippen MR) is 68.9 cm³/mol. The van der Waals surface area contributed by atoms with Crippen molar-refractivity contribution in [3.05, 3.63) is 34.5 Å². The van der Waals surface area contributed by atoms with Crippen molar-refractivity contribution < 1.29 is 13.3 Å². The molecule has 0 bridgehead atoms. The standard InChI is InChI=1S/C9H10ClN5O4S/c1-2-13-4-3-11-8(13)6-14-5-7(20(10,18)19)9(12-14)15(16)17/h3-5H,2,6H2,1H3. The Morgan fingerprint density at radius 3 is 2.70 bits per heavy atom. The van der Waals surface area contributed by atoms with Gasteiger partial charge < -0.3 is 14.7 Å². The normalized spacial score (nSPS) is 11.7. The van der Waals surface area contributed by atoms with Crippen LogP contribution in [-0.4, -0.2) is 32.7 Å². The van der Waals surface area contributed by atoms with E-state index in [2.05, 4.69) is 10.1 Å². The number of halogens is 1. The summed E-state index contributed by atoms with van der Waals surface area (Å²) in [5, 5.41) is 14.4. The highest BCUT2D eigenvalue weighted by molar-refractivity contribution is 8.13. The molecule has 2 heterocycles. The van der Waals surface area contributed by atoms with Crippen LogP contribution in [0, 0.1) is 10.1 Å². The second kappa shape index (κ2) is 5.21. The lowest BCUT2D eigenvalue weighted by Gasteiger charge is -2.01. The first-order chi connectivity index (χ1) is 9.32. The van der Waals surface area contributed by atoms with Crippen molar-refractivity contribution in [3.8, 4) is 0 Å². The van der Waals surface area contributed by atoms with Crippen LogP contribution in [-0.2, 0) is 22.1 Å². The molecule has 2 aromatic heterocycles. The number of rotatable bonds is 5. The lowest BCUT2D eigenvalue weighted by atomic mass is 10.5. The Balaban J connectivity index is 2.42. The van der Waals surface area contributed by atoms with Crippen LogP contribution in [0.2, 0.25) is 0 Å². The third kappa shape index (κ3) is 2.80. The number of nitrogens with zero attached hydrogens (tertiary/aromatic N) is 5. The monoisotopic (exact) mass is 319 g/mol. The van der Waals surface area contributed by atoms with E-state index in [1.165, 1.54) is 0 Å². The van der Waals surface area contributed by atoms with Crippen molar-refractivity contribution >= 4 is 25.6 Å². The second-order valence-corrected chi connectivity index (χ2v) is 6.37. The molecule has 2 aromatic rings. The van der Waals surface area contributed by atoms with E-state index in [0.29, 0.717) is 12.4 Å². The Morgan fingerprint density at radius 1 is 1.50 bits per heavy atom. The summed E-state index contributed by atoms with van der Waals surface area (Å²) >= 11 is 0. The molecule has 11 heteroatoms. The molecule has 9 nitrogen and oxygen atoms in total. The topological polar surface area (TPSA) is 113 Å². The average Bonchev–Trinajstić information content (AvgIpc) is 2.95. The Hall–Kier alpha value is -1.94. The van der Waals surface area contributed by atoms with E-state index in [4.69, 9.17) is 10.7 Å². The van der Waals surface area contributed by atoms with Crippen LogP contribution < -0.4 is 0 Å². The van der Waals surface area contributed by atoms with E-state index in [9.17, 15) is 18.5 Å². The van der Waals surface area contributed by atoms with Gasteiger partial charge in [-0.25, -0.2) is 13.4 Å². The number of nitro groups is 1. The highest BCUT2D eigenvalue weighted by Gasteiger charge is 2.30. The number of aromatic nitrogens is 4. The molecular weight excluding hydrogens is 310 g/mol. The van der Waals surface area contributed by atoms with Crippen LogP contribution in [0.1, 0.15) is 12.7 Å². The number of imidazole rings is 1. The van der Waals surface area contributed by atoms with Crippen LogP contribution in [0.25, 0.3) is 0 Å². The van der Waals surface area contributed by atoms with Gasteiger partial charge in [-0.3, -0.25) is 0 Å². The van der Waals surface area contributed by atoms with Crippen LogP contribution in [0.3, 0.4) is 0 Å². The van der Waals surface area contributed by atoms with Crippen LogP contribution >= 0.6 is 10.7 Å². The molecule has 0 unspecified atom stereocenters. The van der Waals surface area contributed by atoms with Crippen molar-refractivity contribution in [2.45, 2.75) is 24.9 Å². The van der Waals surface area contributed by atoms with Gasteiger partial charge >= 0.3 is 5.82 Å². The van der Waals surface area contributed by atoms with Gasteiger partial charge in [-0.15, -0.1) is 0 Å². The summed E-state index contributed by atoms with van der Waals surface area (Å²) in [7, 11) is 0.923. The van der Waals surface area contributed by atoms with E-state index in [-0.39, 0.29) is 6.54 Å². The summed E-state index contributed by atoms with van der Waals surface area (Å²) in [6.45, 7) is 2.68. The highest BCUT2D eigenvalue weighted by atomic mass is 35.7. The van der Waals surface area contributed by atoms with Crippen LogP contribution in [0.5, 0.6) is 0 Å². The van der Waals surface area contributed by atoms with Gasteiger partial charge in [0.15, 0.2) is 0 Å². The largest absolute Gasteiger partial charge is 0.410 e. The lowest BCUT2D eigenvalue weighted by molar-refractivity contribution is -0.392. The first-order valence-electron chi connectivity index (χ1n) is 5.49. The fraction of sp³-hybridized carbons (Fsp3) is 0.333. The van der Waals surface area contributed by atoms with Crippen molar-refractivity contribution in [2.75, 3.05) is 0 Å². The van der Waals surface area contributed by atoms with E-state index in [0.717, 1.165) is 10.9 Å². The summed E-state index contributed by atoms with van der Waals surface area (Å²) in [4.78, 5) is 13.4. The Kier molecular flexibility index (Phi) is 3.77. The van der Waals surface area contributed by atoms with E-state index in [1.807, 2.05) is 11.5 Å². The van der Waals surface area contributed by atoms with E-state index in [1.54, 1.807) is 12.4 Å². The molecule has 0 aliphatic heterocycles. The number of aryl methyl sites for hydroxylation is 1.